The number of rotatable bonds is 7. The number of nitrogens with zero attached hydrogens (tertiary/aromatic N) is 4. The van der Waals surface area contributed by atoms with Gasteiger partial charge in [0.2, 0.25) is 11.8 Å². The standard InChI is InChI=1S/C21H25N5O4/c1-29-14-20(27)25-10-8-18(13-25)30-17-6-4-16(5-7-17)23-21(28)15-11-26(12-15)19-3-2-9-22-24-19/h2-7,9,15,18H,8,10-14H2,1H3,(H,23,28)/t18-/m1/s1. The van der Waals surface area contributed by atoms with Crippen LogP contribution in [-0.4, -0.2) is 72.9 Å². The van der Waals surface area contributed by atoms with Crippen molar-refractivity contribution in [3.05, 3.63) is 42.6 Å². The summed E-state index contributed by atoms with van der Waals surface area (Å²) in [6, 6.07) is 11.0. The lowest BCUT2D eigenvalue weighted by Gasteiger charge is -2.38. The van der Waals surface area contributed by atoms with Crippen LogP contribution in [0.3, 0.4) is 0 Å². The van der Waals surface area contributed by atoms with Crippen LogP contribution in [0.2, 0.25) is 0 Å². The average Bonchev–Trinajstić information content (AvgIpc) is 3.18. The maximum atomic E-state index is 12.4. The first-order valence-electron chi connectivity index (χ1n) is 9.99. The number of likely N-dealkylation sites (tertiary alicyclic amines) is 1. The van der Waals surface area contributed by atoms with Crippen LogP contribution in [0.4, 0.5) is 11.5 Å². The van der Waals surface area contributed by atoms with Gasteiger partial charge in [0.15, 0.2) is 5.82 Å². The van der Waals surface area contributed by atoms with Crippen LogP contribution in [0.1, 0.15) is 6.42 Å². The summed E-state index contributed by atoms with van der Waals surface area (Å²) >= 11 is 0. The Labute approximate surface area is 175 Å². The molecular formula is C21H25N5O4. The van der Waals surface area contributed by atoms with Gasteiger partial charge in [-0.3, -0.25) is 9.59 Å². The average molecular weight is 411 g/mol. The molecule has 4 rings (SSSR count). The summed E-state index contributed by atoms with van der Waals surface area (Å²) in [5.74, 6) is 1.41. The molecule has 2 aliphatic rings. The van der Waals surface area contributed by atoms with Crippen LogP contribution in [0.25, 0.3) is 0 Å². The predicted molar refractivity (Wildman–Crippen MR) is 110 cm³/mol. The molecule has 0 saturated carbocycles. The first-order valence-corrected chi connectivity index (χ1v) is 9.99. The molecule has 9 nitrogen and oxygen atoms in total. The summed E-state index contributed by atoms with van der Waals surface area (Å²) < 4.78 is 10.9. The van der Waals surface area contributed by atoms with E-state index in [-0.39, 0.29) is 30.4 Å². The number of anilines is 2. The van der Waals surface area contributed by atoms with Crippen molar-refractivity contribution in [2.45, 2.75) is 12.5 Å². The molecule has 3 heterocycles. The molecule has 0 radical (unpaired) electrons. The molecule has 1 N–H and O–H groups in total. The van der Waals surface area contributed by atoms with E-state index >= 15 is 0 Å². The van der Waals surface area contributed by atoms with E-state index in [0.717, 1.165) is 23.7 Å². The van der Waals surface area contributed by atoms with Gasteiger partial charge in [-0.2, -0.15) is 5.10 Å². The smallest absolute Gasteiger partial charge is 0.248 e. The highest BCUT2D eigenvalue weighted by atomic mass is 16.5. The molecule has 0 unspecified atom stereocenters. The Morgan fingerprint density at radius 2 is 1.97 bits per heavy atom. The summed E-state index contributed by atoms with van der Waals surface area (Å²) in [7, 11) is 1.52. The zero-order valence-corrected chi connectivity index (χ0v) is 16.9. The summed E-state index contributed by atoms with van der Waals surface area (Å²) in [6.07, 6.45) is 2.39. The third kappa shape index (κ3) is 4.68. The highest BCUT2D eigenvalue weighted by Crippen LogP contribution is 2.24. The fourth-order valence-corrected chi connectivity index (χ4v) is 3.61. The highest BCUT2D eigenvalue weighted by molar-refractivity contribution is 5.94. The van der Waals surface area contributed by atoms with Crippen LogP contribution in [0.5, 0.6) is 5.75 Å². The fourth-order valence-electron chi connectivity index (χ4n) is 3.61. The second-order valence-corrected chi connectivity index (χ2v) is 7.50. The first-order chi connectivity index (χ1) is 14.6. The molecule has 2 aliphatic heterocycles. The van der Waals surface area contributed by atoms with Crippen molar-refractivity contribution in [1.82, 2.24) is 15.1 Å². The van der Waals surface area contributed by atoms with Gasteiger partial charge in [-0.15, -0.1) is 5.10 Å². The molecule has 2 saturated heterocycles. The van der Waals surface area contributed by atoms with Crippen LogP contribution >= 0.6 is 0 Å². The molecule has 2 fully saturated rings. The minimum Gasteiger partial charge on any atom is -0.489 e. The SMILES string of the molecule is COCC(=O)N1CC[C@@H](Oc2ccc(NC(=O)C3CN(c4cccnn4)C3)cc2)C1. The van der Waals surface area contributed by atoms with Gasteiger partial charge in [0.05, 0.1) is 12.5 Å². The zero-order valence-electron chi connectivity index (χ0n) is 16.9. The lowest BCUT2D eigenvalue weighted by atomic mass is 9.99. The number of methoxy groups -OCH3 is 1. The second kappa shape index (κ2) is 9.08. The summed E-state index contributed by atoms with van der Waals surface area (Å²) in [6.45, 7) is 2.59. The van der Waals surface area contributed by atoms with E-state index in [4.69, 9.17) is 9.47 Å². The molecule has 158 valence electrons. The van der Waals surface area contributed by atoms with Gasteiger partial charge in [-0.05, 0) is 36.4 Å². The number of carbonyl (C=O) groups excluding carboxylic acids is 2. The molecule has 1 aromatic heterocycles. The quantitative estimate of drug-likeness (QED) is 0.731. The van der Waals surface area contributed by atoms with Crippen molar-refractivity contribution < 1.29 is 19.1 Å². The number of amides is 2. The van der Waals surface area contributed by atoms with Gasteiger partial charge in [-0.25, -0.2) is 0 Å². The molecule has 0 bridgehead atoms. The number of nitrogens with one attached hydrogen (secondary N) is 1. The summed E-state index contributed by atoms with van der Waals surface area (Å²) in [5, 5.41) is 10.9. The fraction of sp³-hybridized carbons (Fsp3) is 0.429. The Hall–Kier alpha value is -3.20. The van der Waals surface area contributed by atoms with E-state index < -0.39 is 0 Å². The van der Waals surface area contributed by atoms with Gasteiger partial charge in [0.25, 0.3) is 0 Å². The zero-order chi connectivity index (χ0) is 20.9. The highest BCUT2D eigenvalue weighted by Gasteiger charge is 2.33. The van der Waals surface area contributed by atoms with E-state index in [0.29, 0.717) is 26.2 Å². The van der Waals surface area contributed by atoms with Gasteiger partial charge >= 0.3 is 0 Å². The largest absolute Gasteiger partial charge is 0.489 e. The molecule has 1 aromatic carbocycles. The molecule has 0 spiro atoms. The topological polar surface area (TPSA) is 96.9 Å². The minimum atomic E-state index is -0.0722. The van der Waals surface area contributed by atoms with Gasteiger partial charge < -0.3 is 24.6 Å². The Kier molecular flexibility index (Phi) is 6.08. The number of hydrogen-bond donors (Lipinski definition) is 1. The first kappa shape index (κ1) is 20.1. The minimum absolute atomic E-state index is 0.00750. The summed E-state index contributed by atoms with van der Waals surface area (Å²) in [5.41, 5.74) is 0.730. The summed E-state index contributed by atoms with van der Waals surface area (Å²) in [4.78, 5) is 28.1. The van der Waals surface area contributed by atoms with Crippen LogP contribution < -0.4 is 15.0 Å². The van der Waals surface area contributed by atoms with E-state index in [9.17, 15) is 9.59 Å². The van der Waals surface area contributed by atoms with E-state index in [1.54, 1.807) is 11.1 Å². The maximum Gasteiger partial charge on any atom is 0.248 e. The molecular weight excluding hydrogens is 386 g/mol. The van der Waals surface area contributed by atoms with Gasteiger partial charge in [-0.1, -0.05) is 0 Å². The molecule has 30 heavy (non-hydrogen) atoms. The van der Waals surface area contributed by atoms with Crippen molar-refractivity contribution in [2.75, 3.05) is 50.1 Å². The number of ether oxygens (including phenoxy) is 2. The van der Waals surface area contributed by atoms with Crippen molar-refractivity contribution in [2.24, 2.45) is 5.92 Å². The van der Waals surface area contributed by atoms with Crippen molar-refractivity contribution >= 4 is 23.3 Å². The van der Waals surface area contributed by atoms with E-state index in [1.165, 1.54) is 7.11 Å². The number of benzene rings is 1. The van der Waals surface area contributed by atoms with Crippen LogP contribution in [0, 0.1) is 5.92 Å². The van der Waals surface area contributed by atoms with Crippen molar-refractivity contribution in [3.63, 3.8) is 0 Å². The molecule has 2 aromatic rings. The second-order valence-electron chi connectivity index (χ2n) is 7.50. The number of hydrogen-bond acceptors (Lipinski definition) is 7. The van der Waals surface area contributed by atoms with Gasteiger partial charge in [0, 0.05) is 45.0 Å². The Morgan fingerprint density at radius 1 is 1.17 bits per heavy atom. The van der Waals surface area contributed by atoms with Crippen molar-refractivity contribution in [3.8, 4) is 5.75 Å². The van der Waals surface area contributed by atoms with Crippen LogP contribution in [0.15, 0.2) is 42.6 Å². The lowest BCUT2D eigenvalue weighted by Crippen LogP contribution is -2.52. The predicted octanol–water partition coefficient (Wildman–Crippen LogP) is 1.18. The van der Waals surface area contributed by atoms with E-state index in [2.05, 4.69) is 15.5 Å². The molecule has 0 aliphatic carbocycles. The Balaban J connectivity index is 1.22. The molecule has 9 heteroatoms. The number of carbonyl (C=O) groups is 2. The Bertz CT molecular complexity index is 871. The maximum absolute atomic E-state index is 12.4. The van der Waals surface area contributed by atoms with Crippen molar-refractivity contribution in [1.29, 1.82) is 0 Å². The van der Waals surface area contributed by atoms with E-state index in [1.807, 2.05) is 41.3 Å². The third-order valence-corrected chi connectivity index (χ3v) is 5.32. The molecule has 1 atom stereocenters. The normalized spacial score (nSPS) is 18.8. The monoisotopic (exact) mass is 411 g/mol. The number of aromatic nitrogens is 2. The third-order valence-electron chi connectivity index (χ3n) is 5.32. The molecule has 2 amide bonds. The Morgan fingerprint density at radius 3 is 2.67 bits per heavy atom. The lowest BCUT2D eigenvalue weighted by molar-refractivity contribution is -0.134. The van der Waals surface area contributed by atoms with Gasteiger partial charge in [0.1, 0.15) is 18.5 Å². The van der Waals surface area contributed by atoms with Crippen LogP contribution in [-0.2, 0) is 14.3 Å².